The number of hydrogen-bond donors (Lipinski definition) is 0. The van der Waals surface area contributed by atoms with E-state index in [4.69, 9.17) is 19.3 Å². The molecule has 166 valence electrons. The van der Waals surface area contributed by atoms with Crippen LogP contribution in [0.3, 0.4) is 0 Å². The molecule has 4 rings (SSSR count). The van der Waals surface area contributed by atoms with E-state index in [1.807, 2.05) is 6.92 Å². The maximum atomic E-state index is 9.15. The fraction of sp³-hybridized carbons (Fsp3) is 0.429. The van der Waals surface area contributed by atoms with Crippen LogP contribution in [0, 0.1) is 11.3 Å². The SMILES string of the molecule is CO[C@@H](C)c1nc(N2CCN(c3ncc(OCc4ccncc4C#N)cn3)[C@H](C)C2)no1. The molecule has 11 nitrogen and oxygen atoms in total. The second-order valence-electron chi connectivity index (χ2n) is 7.45. The highest BCUT2D eigenvalue weighted by Crippen LogP contribution is 2.23. The number of rotatable bonds is 7. The topological polar surface area (TPSA) is 126 Å². The number of pyridine rings is 1. The van der Waals surface area contributed by atoms with Gasteiger partial charge in [-0.25, -0.2) is 9.97 Å². The first kappa shape index (κ1) is 21.5. The van der Waals surface area contributed by atoms with Gasteiger partial charge in [-0.15, -0.1) is 0 Å². The summed E-state index contributed by atoms with van der Waals surface area (Å²) in [6.45, 7) is 6.35. The van der Waals surface area contributed by atoms with Crippen LogP contribution < -0.4 is 14.5 Å². The zero-order chi connectivity index (χ0) is 22.5. The first-order chi connectivity index (χ1) is 15.6. The number of nitrogens with zero attached hydrogens (tertiary/aromatic N) is 8. The molecule has 2 atom stereocenters. The summed E-state index contributed by atoms with van der Waals surface area (Å²) in [7, 11) is 1.61. The van der Waals surface area contributed by atoms with Crippen molar-refractivity contribution in [1.29, 1.82) is 5.26 Å². The van der Waals surface area contributed by atoms with Gasteiger partial charge in [-0.05, 0) is 25.1 Å². The molecule has 32 heavy (non-hydrogen) atoms. The molecule has 3 aromatic heterocycles. The van der Waals surface area contributed by atoms with Crippen molar-refractivity contribution in [2.75, 3.05) is 36.5 Å². The molecule has 0 amide bonds. The molecule has 0 saturated carbocycles. The average molecular weight is 436 g/mol. The number of nitriles is 1. The first-order valence-corrected chi connectivity index (χ1v) is 10.2. The van der Waals surface area contributed by atoms with Crippen molar-refractivity contribution in [3.05, 3.63) is 47.9 Å². The summed E-state index contributed by atoms with van der Waals surface area (Å²) >= 11 is 0. The Morgan fingerprint density at radius 2 is 2.06 bits per heavy atom. The van der Waals surface area contributed by atoms with Crippen LogP contribution in [0.15, 0.2) is 35.4 Å². The lowest BCUT2D eigenvalue weighted by Gasteiger charge is -2.39. The summed E-state index contributed by atoms with van der Waals surface area (Å²) in [5.41, 5.74) is 1.25. The summed E-state index contributed by atoms with van der Waals surface area (Å²) in [4.78, 5) is 21.5. The lowest BCUT2D eigenvalue weighted by atomic mass is 10.2. The molecule has 1 aliphatic heterocycles. The standard InChI is InChI=1S/C21H24N8O3/c1-14-12-28(21-26-19(32-27-21)15(2)30-3)6-7-29(14)20-24-10-18(11-25-20)31-13-16-4-5-23-9-17(16)8-22/h4-5,9-11,14-15H,6-7,12-13H2,1-3H3/t14-,15+/m1/s1. The Bertz CT molecular complexity index is 1080. The predicted octanol–water partition coefficient (Wildman–Crippen LogP) is 2.13. The van der Waals surface area contributed by atoms with Crippen LogP contribution in [0.2, 0.25) is 0 Å². The Morgan fingerprint density at radius 1 is 1.25 bits per heavy atom. The number of anilines is 2. The number of methoxy groups -OCH3 is 1. The van der Waals surface area contributed by atoms with Gasteiger partial charge in [0.15, 0.2) is 5.75 Å². The van der Waals surface area contributed by atoms with Gasteiger partial charge in [-0.3, -0.25) is 4.98 Å². The van der Waals surface area contributed by atoms with Crippen LogP contribution in [-0.2, 0) is 11.3 Å². The fourth-order valence-electron chi connectivity index (χ4n) is 3.40. The maximum absolute atomic E-state index is 9.15. The van der Waals surface area contributed by atoms with Crippen molar-refractivity contribution in [2.24, 2.45) is 0 Å². The predicted molar refractivity (Wildman–Crippen MR) is 114 cm³/mol. The van der Waals surface area contributed by atoms with Crippen molar-refractivity contribution in [2.45, 2.75) is 32.6 Å². The van der Waals surface area contributed by atoms with Gasteiger partial charge in [0, 0.05) is 50.7 Å². The van der Waals surface area contributed by atoms with Crippen LogP contribution in [-0.4, -0.2) is 57.9 Å². The summed E-state index contributed by atoms with van der Waals surface area (Å²) in [6, 6.07) is 4.02. The van der Waals surface area contributed by atoms with E-state index in [-0.39, 0.29) is 18.8 Å². The molecule has 1 fully saturated rings. The first-order valence-electron chi connectivity index (χ1n) is 10.2. The average Bonchev–Trinajstić information content (AvgIpc) is 3.33. The molecule has 0 bridgehead atoms. The van der Waals surface area contributed by atoms with Gasteiger partial charge in [0.05, 0.1) is 18.0 Å². The van der Waals surface area contributed by atoms with Crippen molar-refractivity contribution >= 4 is 11.9 Å². The molecule has 0 spiro atoms. The zero-order valence-corrected chi connectivity index (χ0v) is 18.2. The second kappa shape index (κ2) is 9.57. The van der Waals surface area contributed by atoms with E-state index in [0.29, 0.717) is 48.7 Å². The molecule has 0 unspecified atom stereocenters. The van der Waals surface area contributed by atoms with E-state index >= 15 is 0 Å². The smallest absolute Gasteiger partial charge is 0.266 e. The lowest BCUT2D eigenvalue weighted by molar-refractivity contribution is 0.0886. The summed E-state index contributed by atoms with van der Waals surface area (Å²) in [5, 5.41) is 13.2. The molecular formula is C21H24N8O3. The van der Waals surface area contributed by atoms with Crippen LogP contribution in [0.5, 0.6) is 5.75 Å². The maximum Gasteiger partial charge on any atom is 0.266 e. The lowest BCUT2D eigenvalue weighted by Crippen LogP contribution is -2.53. The van der Waals surface area contributed by atoms with Crippen LogP contribution in [0.1, 0.15) is 37.0 Å². The van der Waals surface area contributed by atoms with Gasteiger partial charge in [-0.1, -0.05) is 0 Å². The number of hydrogen-bond acceptors (Lipinski definition) is 11. The molecule has 1 saturated heterocycles. The summed E-state index contributed by atoms with van der Waals surface area (Å²) in [5.74, 6) is 2.19. The van der Waals surface area contributed by atoms with Gasteiger partial charge in [0.2, 0.25) is 5.95 Å². The largest absolute Gasteiger partial charge is 0.486 e. The number of piperazine rings is 1. The van der Waals surface area contributed by atoms with Crippen molar-refractivity contribution < 1.29 is 14.0 Å². The van der Waals surface area contributed by atoms with E-state index in [0.717, 1.165) is 5.56 Å². The Hall–Kier alpha value is -3.78. The normalized spacial score (nSPS) is 17.1. The Morgan fingerprint density at radius 3 is 2.78 bits per heavy atom. The minimum Gasteiger partial charge on any atom is -0.486 e. The van der Waals surface area contributed by atoms with E-state index in [1.165, 1.54) is 6.20 Å². The minimum atomic E-state index is -0.242. The molecular weight excluding hydrogens is 412 g/mol. The van der Waals surface area contributed by atoms with E-state index in [2.05, 4.69) is 47.9 Å². The summed E-state index contributed by atoms with van der Waals surface area (Å²) < 4.78 is 16.3. The van der Waals surface area contributed by atoms with Gasteiger partial charge < -0.3 is 23.8 Å². The quantitative estimate of drug-likeness (QED) is 0.540. The third-order valence-electron chi connectivity index (χ3n) is 5.34. The number of aromatic nitrogens is 5. The van der Waals surface area contributed by atoms with Crippen molar-refractivity contribution in [3.63, 3.8) is 0 Å². The molecule has 3 aromatic rings. The Balaban J connectivity index is 1.35. The van der Waals surface area contributed by atoms with E-state index < -0.39 is 0 Å². The summed E-state index contributed by atoms with van der Waals surface area (Å²) in [6.07, 6.45) is 6.20. The molecule has 0 radical (unpaired) electrons. The highest BCUT2D eigenvalue weighted by molar-refractivity contribution is 5.40. The molecule has 4 heterocycles. The van der Waals surface area contributed by atoms with Gasteiger partial charge in [0.1, 0.15) is 18.8 Å². The molecule has 1 aliphatic rings. The highest BCUT2D eigenvalue weighted by Gasteiger charge is 2.28. The molecule has 0 N–H and O–H groups in total. The van der Waals surface area contributed by atoms with Gasteiger partial charge in [-0.2, -0.15) is 10.2 Å². The van der Waals surface area contributed by atoms with Gasteiger partial charge in [0.25, 0.3) is 11.8 Å². The molecule has 11 heteroatoms. The Kier molecular flexibility index (Phi) is 6.42. The third kappa shape index (κ3) is 4.60. The van der Waals surface area contributed by atoms with Crippen molar-refractivity contribution in [1.82, 2.24) is 25.1 Å². The number of ether oxygens (including phenoxy) is 2. The Labute approximate surface area is 185 Å². The van der Waals surface area contributed by atoms with Crippen molar-refractivity contribution in [3.8, 4) is 11.8 Å². The minimum absolute atomic E-state index is 0.146. The third-order valence-corrected chi connectivity index (χ3v) is 5.34. The van der Waals surface area contributed by atoms with E-state index in [1.54, 1.807) is 31.8 Å². The van der Waals surface area contributed by atoms with Crippen LogP contribution >= 0.6 is 0 Å². The van der Waals surface area contributed by atoms with Crippen LogP contribution in [0.4, 0.5) is 11.9 Å². The van der Waals surface area contributed by atoms with Gasteiger partial charge >= 0.3 is 0 Å². The highest BCUT2D eigenvalue weighted by atomic mass is 16.5. The molecule has 0 aliphatic carbocycles. The second-order valence-corrected chi connectivity index (χ2v) is 7.45. The van der Waals surface area contributed by atoms with Crippen LogP contribution in [0.25, 0.3) is 0 Å². The monoisotopic (exact) mass is 436 g/mol. The van der Waals surface area contributed by atoms with E-state index in [9.17, 15) is 0 Å². The zero-order valence-electron chi connectivity index (χ0n) is 18.2. The fourth-order valence-corrected chi connectivity index (χ4v) is 3.40. The molecule has 0 aromatic carbocycles.